The van der Waals surface area contributed by atoms with Crippen LogP contribution < -0.4 is 0 Å². The van der Waals surface area contributed by atoms with E-state index in [2.05, 4.69) is 17.3 Å². The van der Waals surface area contributed by atoms with Crippen molar-refractivity contribution in [2.24, 2.45) is 34.2 Å². The van der Waals surface area contributed by atoms with E-state index in [0.717, 1.165) is 23.4 Å². The summed E-state index contributed by atoms with van der Waals surface area (Å²) in [4.78, 5) is 36.8. The summed E-state index contributed by atoms with van der Waals surface area (Å²) < 4.78 is 5.73. The quantitative estimate of drug-likeness (QED) is 0.481. The lowest BCUT2D eigenvalue weighted by Gasteiger charge is -2.18. The van der Waals surface area contributed by atoms with Gasteiger partial charge < -0.3 is 9.52 Å². The van der Waals surface area contributed by atoms with Gasteiger partial charge in [-0.1, -0.05) is 24.3 Å². The van der Waals surface area contributed by atoms with Crippen molar-refractivity contribution in [3.8, 4) is 11.3 Å². The van der Waals surface area contributed by atoms with Gasteiger partial charge in [-0.05, 0) is 54.4 Å². The Kier molecular flexibility index (Phi) is 3.35. The number of nitrogens with zero attached hydrogens (tertiary/aromatic N) is 2. The first kappa shape index (κ1) is 17.4. The lowest BCUT2D eigenvalue weighted by molar-refractivity contribution is -0.141. The number of imide groups is 1. The molecule has 1 aromatic carbocycles. The lowest BCUT2D eigenvalue weighted by atomic mass is 9.85. The number of hydrogen-bond donors (Lipinski definition) is 1. The first-order chi connectivity index (χ1) is 14.5. The summed E-state index contributed by atoms with van der Waals surface area (Å²) in [5.74, 6) is -0.650. The van der Waals surface area contributed by atoms with Crippen LogP contribution in [0.3, 0.4) is 0 Å². The van der Waals surface area contributed by atoms with E-state index in [1.54, 1.807) is 24.3 Å². The Hall–Kier alpha value is -3.48. The van der Waals surface area contributed by atoms with E-state index in [0.29, 0.717) is 11.5 Å². The molecule has 2 amide bonds. The number of benzene rings is 1. The number of aromatic carboxylic acids is 1. The van der Waals surface area contributed by atoms with Crippen LogP contribution in [0.1, 0.15) is 29.0 Å². The monoisotopic (exact) mass is 402 g/mol. The molecule has 30 heavy (non-hydrogen) atoms. The van der Waals surface area contributed by atoms with E-state index in [1.807, 2.05) is 0 Å². The van der Waals surface area contributed by atoms with Crippen LogP contribution in [-0.4, -0.2) is 34.1 Å². The van der Waals surface area contributed by atoms with Gasteiger partial charge in [-0.15, -0.1) is 0 Å². The molecule has 1 aromatic heterocycles. The van der Waals surface area contributed by atoms with Gasteiger partial charge >= 0.3 is 5.97 Å². The zero-order valence-electron chi connectivity index (χ0n) is 15.9. The van der Waals surface area contributed by atoms with Crippen molar-refractivity contribution in [3.05, 3.63) is 59.9 Å². The van der Waals surface area contributed by atoms with Crippen LogP contribution in [0.4, 0.5) is 0 Å². The van der Waals surface area contributed by atoms with Crippen molar-refractivity contribution in [2.45, 2.75) is 12.8 Å². The maximum absolute atomic E-state index is 12.9. The van der Waals surface area contributed by atoms with Gasteiger partial charge in [0.15, 0.2) is 0 Å². The van der Waals surface area contributed by atoms with Gasteiger partial charge in [0.05, 0.1) is 23.6 Å². The SMILES string of the molecule is O=C(O)c1ccc(-c2ccc(/C=N\N3C(=O)[C@@H]4[C@@H](C3=O)[C@@H]3C=C[C@H]4C34CC4)o2)cc1. The Balaban J connectivity index is 1.21. The van der Waals surface area contributed by atoms with Gasteiger partial charge in [0.2, 0.25) is 0 Å². The third kappa shape index (κ3) is 2.20. The number of allylic oxidation sites excluding steroid dienone is 2. The van der Waals surface area contributed by atoms with Crippen LogP contribution in [0.5, 0.6) is 0 Å². The maximum atomic E-state index is 12.9. The Labute approximate surface area is 171 Å². The molecule has 0 unspecified atom stereocenters. The smallest absolute Gasteiger partial charge is 0.335 e. The number of rotatable bonds is 4. The van der Waals surface area contributed by atoms with Crippen molar-refractivity contribution in [1.29, 1.82) is 0 Å². The molecule has 6 rings (SSSR count). The van der Waals surface area contributed by atoms with Crippen molar-refractivity contribution in [2.75, 3.05) is 0 Å². The summed E-state index contributed by atoms with van der Waals surface area (Å²) in [5.41, 5.74) is 1.09. The summed E-state index contributed by atoms with van der Waals surface area (Å²) in [6.07, 6.45) is 7.86. The number of fused-ring (bicyclic) bond motifs is 3. The van der Waals surface area contributed by atoms with Crippen LogP contribution in [0.2, 0.25) is 0 Å². The summed E-state index contributed by atoms with van der Waals surface area (Å²) in [5, 5.41) is 14.2. The predicted molar refractivity (Wildman–Crippen MR) is 105 cm³/mol. The molecule has 0 radical (unpaired) electrons. The highest BCUT2D eigenvalue weighted by molar-refractivity contribution is 6.07. The van der Waals surface area contributed by atoms with Crippen molar-refractivity contribution in [3.63, 3.8) is 0 Å². The molecule has 3 fully saturated rings. The number of furan rings is 1. The first-order valence-corrected chi connectivity index (χ1v) is 10.0. The second-order valence-electron chi connectivity index (χ2n) is 8.54. The zero-order valence-corrected chi connectivity index (χ0v) is 15.9. The number of carboxylic acids is 1. The highest BCUT2D eigenvalue weighted by Crippen LogP contribution is 2.73. The summed E-state index contributed by atoms with van der Waals surface area (Å²) >= 11 is 0. The van der Waals surface area contributed by atoms with Crippen LogP contribution in [0.25, 0.3) is 11.3 Å². The number of carbonyl (C=O) groups is 3. The zero-order chi connectivity index (χ0) is 20.6. The molecule has 4 atom stereocenters. The Morgan fingerprint density at radius 2 is 1.67 bits per heavy atom. The van der Waals surface area contributed by atoms with Crippen molar-refractivity contribution >= 4 is 24.0 Å². The minimum atomic E-state index is -0.991. The Morgan fingerprint density at radius 3 is 2.23 bits per heavy atom. The van der Waals surface area contributed by atoms with Crippen LogP contribution in [-0.2, 0) is 9.59 Å². The number of hydrazone groups is 1. The molecule has 1 spiro atoms. The van der Waals surface area contributed by atoms with Crippen LogP contribution in [0, 0.1) is 29.1 Å². The van der Waals surface area contributed by atoms with Gasteiger partial charge in [0.1, 0.15) is 11.5 Å². The predicted octanol–water partition coefficient (Wildman–Crippen LogP) is 3.18. The molecule has 2 heterocycles. The average molecular weight is 402 g/mol. The van der Waals surface area contributed by atoms with E-state index >= 15 is 0 Å². The van der Waals surface area contributed by atoms with Gasteiger partial charge in [0.25, 0.3) is 11.8 Å². The largest absolute Gasteiger partial charge is 0.478 e. The molecule has 150 valence electrons. The number of hydrogen-bond acceptors (Lipinski definition) is 5. The fraction of sp³-hybridized carbons (Fsp3) is 0.304. The first-order valence-electron chi connectivity index (χ1n) is 10.0. The fourth-order valence-corrected chi connectivity index (χ4v) is 5.65. The van der Waals surface area contributed by atoms with E-state index < -0.39 is 5.97 Å². The Morgan fingerprint density at radius 1 is 1.03 bits per heavy atom. The molecule has 2 saturated carbocycles. The molecule has 3 aliphatic carbocycles. The molecular formula is C23H18N2O5. The van der Waals surface area contributed by atoms with E-state index in [-0.39, 0.29) is 46.5 Å². The lowest BCUT2D eigenvalue weighted by Crippen LogP contribution is -2.30. The van der Waals surface area contributed by atoms with E-state index in [1.165, 1.54) is 18.3 Å². The molecule has 2 bridgehead atoms. The molecule has 1 aliphatic heterocycles. The minimum Gasteiger partial charge on any atom is -0.478 e. The standard InChI is InChI=1S/C23H18N2O5/c26-20-18-15-6-7-16(23(15)9-10-23)19(18)21(27)25(20)24-11-14-5-8-17(30-14)12-1-3-13(4-2-12)22(28)29/h1-8,11,15-16,18-19H,9-10H2,(H,28,29)/b24-11-/t15-,16+,18-,19-/m0/s1. The van der Waals surface area contributed by atoms with Crippen molar-refractivity contribution in [1.82, 2.24) is 5.01 Å². The van der Waals surface area contributed by atoms with Crippen LogP contribution >= 0.6 is 0 Å². The second-order valence-corrected chi connectivity index (χ2v) is 8.54. The molecule has 4 aliphatic rings. The van der Waals surface area contributed by atoms with Gasteiger partial charge in [-0.25, -0.2) is 4.79 Å². The molecule has 7 nitrogen and oxygen atoms in total. The third-order valence-corrected chi connectivity index (χ3v) is 7.17. The molecule has 2 aromatic rings. The minimum absolute atomic E-state index is 0.169. The molecule has 1 saturated heterocycles. The fourth-order valence-electron chi connectivity index (χ4n) is 5.65. The maximum Gasteiger partial charge on any atom is 0.335 e. The summed E-state index contributed by atoms with van der Waals surface area (Å²) in [6.45, 7) is 0. The average Bonchev–Trinajstić information content (AvgIpc) is 3.03. The Bertz CT molecular complexity index is 1120. The highest BCUT2D eigenvalue weighted by atomic mass is 16.4. The topological polar surface area (TPSA) is 100 Å². The number of amides is 2. The number of carboxylic acid groups (broad SMARTS) is 1. The number of carbonyl (C=O) groups excluding carboxylic acids is 2. The summed E-state index contributed by atoms with van der Waals surface area (Å²) in [7, 11) is 0. The van der Waals surface area contributed by atoms with Gasteiger partial charge in [0, 0.05) is 5.56 Å². The second kappa shape index (κ2) is 5.78. The highest BCUT2D eigenvalue weighted by Gasteiger charge is 2.73. The molecule has 7 heteroatoms. The molecule has 1 N–H and O–H groups in total. The van der Waals surface area contributed by atoms with E-state index in [4.69, 9.17) is 9.52 Å². The van der Waals surface area contributed by atoms with Crippen molar-refractivity contribution < 1.29 is 23.9 Å². The normalized spacial score (nSPS) is 30.1. The molecular weight excluding hydrogens is 384 g/mol. The van der Waals surface area contributed by atoms with Gasteiger partial charge in [-0.3, -0.25) is 9.59 Å². The summed E-state index contributed by atoms with van der Waals surface area (Å²) in [6, 6.07) is 9.76. The van der Waals surface area contributed by atoms with E-state index in [9.17, 15) is 14.4 Å². The van der Waals surface area contributed by atoms with Crippen LogP contribution in [0.15, 0.2) is 58.1 Å². The third-order valence-electron chi connectivity index (χ3n) is 7.17. The van der Waals surface area contributed by atoms with Gasteiger partial charge in [-0.2, -0.15) is 10.1 Å².